The van der Waals surface area contributed by atoms with Gasteiger partial charge in [-0.05, 0) is 42.8 Å². The summed E-state index contributed by atoms with van der Waals surface area (Å²) in [7, 11) is 1.62. The number of nitrogens with zero attached hydrogens (tertiary/aromatic N) is 1. The number of methoxy groups -OCH3 is 1. The smallest absolute Gasteiger partial charge is 0.227 e. The van der Waals surface area contributed by atoms with E-state index in [1.54, 1.807) is 12.0 Å². The zero-order valence-electron chi connectivity index (χ0n) is 14.0. The van der Waals surface area contributed by atoms with Crippen molar-refractivity contribution in [2.24, 2.45) is 0 Å². The van der Waals surface area contributed by atoms with E-state index in [1.165, 1.54) is 0 Å². The van der Waals surface area contributed by atoms with Gasteiger partial charge < -0.3 is 20.1 Å². The molecular weight excluding hydrogens is 304 g/mol. The summed E-state index contributed by atoms with van der Waals surface area (Å²) in [5, 5.41) is 0. The van der Waals surface area contributed by atoms with E-state index in [2.05, 4.69) is 0 Å². The van der Waals surface area contributed by atoms with Crippen molar-refractivity contribution in [3.05, 3.63) is 48.0 Å². The Bertz CT molecular complexity index is 745. The van der Waals surface area contributed by atoms with Crippen molar-refractivity contribution in [3.63, 3.8) is 0 Å². The van der Waals surface area contributed by atoms with Gasteiger partial charge in [-0.15, -0.1) is 0 Å². The van der Waals surface area contributed by atoms with Crippen LogP contribution in [0.1, 0.15) is 24.8 Å². The zero-order chi connectivity index (χ0) is 17.1. The van der Waals surface area contributed by atoms with E-state index >= 15 is 0 Å². The van der Waals surface area contributed by atoms with E-state index in [9.17, 15) is 4.79 Å². The van der Waals surface area contributed by atoms with Crippen LogP contribution in [-0.4, -0.2) is 26.2 Å². The number of amides is 1. The largest absolute Gasteiger partial charge is 0.493 e. The third kappa shape index (κ3) is 3.15. The van der Waals surface area contributed by atoms with Gasteiger partial charge in [0.1, 0.15) is 0 Å². The predicted molar refractivity (Wildman–Crippen MR) is 94.7 cm³/mol. The third-order valence-electron chi connectivity index (χ3n) is 4.27. The maximum atomic E-state index is 12.4. The lowest BCUT2D eigenvalue weighted by Crippen LogP contribution is -2.24. The van der Waals surface area contributed by atoms with Gasteiger partial charge in [-0.25, -0.2) is 0 Å². The normalized spacial score (nSPS) is 17.2. The molecular formula is C19H22N2O3. The van der Waals surface area contributed by atoms with Gasteiger partial charge >= 0.3 is 0 Å². The number of hydrogen-bond acceptors (Lipinski definition) is 4. The Labute approximate surface area is 142 Å². The number of hydrogen-bond donors (Lipinski definition) is 1. The Kier molecular flexibility index (Phi) is 4.60. The van der Waals surface area contributed by atoms with Crippen LogP contribution in [0.2, 0.25) is 0 Å². The second-order valence-electron chi connectivity index (χ2n) is 5.84. The maximum Gasteiger partial charge on any atom is 0.227 e. The second-order valence-corrected chi connectivity index (χ2v) is 5.84. The first kappa shape index (κ1) is 16.2. The summed E-state index contributed by atoms with van der Waals surface area (Å²) < 4.78 is 11.0. The fourth-order valence-corrected chi connectivity index (χ4v) is 3.09. The minimum atomic E-state index is 0.111. The van der Waals surface area contributed by atoms with Crippen LogP contribution < -0.4 is 20.1 Å². The third-order valence-corrected chi connectivity index (χ3v) is 4.27. The van der Waals surface area contributed by atoms with Crippen LogP contribution in [0.15, 0.2) is 42.5 Å². The highest BCUT2D eigenvalue weighted by atomic mass is 16.5. The van der Waals surface area contributed by atoms with Crippen molar-refractivity contribution in [1.29, 1.82) is 0 Å². The summed E-state index contributed by atoms with van der Waals surface area (Å²) in [4.78, 5) is 14.2. The zero-order valence-corrected chi connectivity index (χ0v) is 14.0. The SMILES string of the molecule is CCOc1cc([C@H]2CC(=O)N(c3cccc(N)c3)C2)ccc1OC. The number of carbonyl (C=O) groups excluding carboxylic acids is 1. The van der Waals surface area contributed by atoms with E-state index in [-0.39, 0.29) is 11.8 Å². The summed E-state index contributed by atoms with van der Waals surface area (Å²) in [6.45, 7) is 3.14. The number of benzene rings is 2. The molecule has 5 nitrogen and oxygen atoms in total. The number of rotatable bonds is 5. The first-order valence-electron chi connectivity index (χ1n) is 8.09. The maximum absolute atomic E-state index is 12.4. The van der Waals surface area contributed by atoms with Crippen molar-refractivity contribution in [2.45, 2.75) is 19.3 Å². The number of ether oxygens (including phenoxy) is 2. The minimum Gasteiger partial charge on any atom is -0.493 e. The van der Waals surface area contributed by atoms with Crippen LogP contribution in [0.25, 0.3) is 0 Å². The highest BCUT2D eigenvalue weighted by Gasteiger charge is 2.32. The Morgan fingerprint density at radius 1 is 1.21 bits per heavy atom. The minimum absolute atomic E-state index is 0.111. The van der Waals surface area contributed by atoms with Crippen molar-refractivity contribution >= 4 is 17.3 Å². The summed E-state index contributed by atoms with van der Waals surface area (Å²) in [5.41, 5.74) is 8.42. The number of anilines is 2. The van der Waals surface area contributed by atoms with Crippen molar-refractivity contribution < 1.29 is 14.3 Å². The highest BCUT2D eigenvalue weighted by molar-refractivity contribution is 5.96. The second kappa shape index (κ2) is 6.83. The van der Waals surface area contributed by atoms with Gasteiger partial charge in [0.25, 0.3) is 0 Å². The summed E-state index contributed by atoms with van der Waals surface area (Å²) in [6.07, 6.45) is 0.479. The Balaban J connectivity index is 1.84. The van der Waals surface area contributed by atoms with Crippen LogP contribution in [0.5, 0.6) is 11.5 Å². The van der Waals surface area contributed by atoms with E-state index in [0.29, 0.717) is 36.8 Å². The van der Waals surface area contributed by atoms with Gasteiger partial charge in [-0.1, -0.05) is 12.1 Å². The monoisotopic (exact) mass is 326 g/mol. The highest BCUT2D eigenvalue weighted by Crippen LogP contribution is 2.36. The molecule has 3 rings (SSSR count). The van der Waals surface area contributed by atoms with Gasteiger partial charge in [0.15, 0.2) is 11.5 Å². The van der Waals surface area contributed by atoms with E-state index in [1.807, 2.05) is 49.4 Å². The van der Waals surface area contributed by atoms with Crippen LogP contribution in [0, 0.1) is 0 Å². The molecule has 1 amide bonds. The average Bonchev–Trinajstić information content (AvgIpc) is 2.97. The molecule has 0 saturated carbocycles. The van der Waals surface area contributed by atoms with E-state index in [0.717, 1.165) is 11.3 Å². The Hall–Kier alpha value is -2.69. The standard InChI is InChI=1S/C19H22N2O3/c1-3-24-18-9-13(7-8-17(18)23-2)14-10-19(22)21(12-14)16-6-4-5-15(20)11-16/h4-9,11,14H,3,10,12,20H2,1-2H3/t14-/m0/s1. The molecule has 0 bridgehead atoms. The molecule has 1 aliphatic heterocycles. The molecule has 0 aromatic heterocycles. The Morgan fingerprint density at radius 3 is 2.75 bits per heavy atom. The quantitative estimate of drug-likeness (QED) is 0.857. The van der Waals surface area contributed by atoms with Gasteiger partial charge in [-0.3, -0.25) is 4.79 Å². The molecule has 2 N–H and O–H groups in total. The van der Waals surface area contributed by atoms with Crippen molar-refractivity contribution in [2.75, 3.05) is 30.9 Å². The average molecular weight is 326 g/mol. The van der Waals surface area contributed by atoms with Crippen LogP contribution in [0.4, 0.5) is 11.4 Å². The van der Waals surface area contributed by atoms with E-state index in [4.69, 9.17) is 15.2 Å². The van der Waals surface area contributed by atoms with Crippen molar-refractivity contribution in [1.82, 2.24) is 0 Å². The van der Waals surface area contributed by atoms with Crippen LogP contribution in [-0.2, 0) is 4.79 Å². The summed E-state index contributed by atoms with van der Waals surface area (Å²) in [5.74, 6) is 1.66. The Morgan fingerprint density at radius 2 is 2.04 bits per heavy atom. The molecule has 1 saturated heterocycles. The molecule has 126 valence electrons. The molecule has 2 aromatic carbocycles. The fraction of sp³-hybridized carbons (Fsp3) is 0.316. The molecule has 0 unspecified atom stereocenters. The molecule has 5 heteroatoms. The molecule has 1 atom stereocenters. The van der Waals surface area contributed by atoms with Crippen LogP contribution >= 0.6 is 0 Å². The molecule has 1 heterocycles. The van der Waals surface area contributed by atoms with Gasteiger partial charge in [0.2, 0.25) is 5.91 Å². The molecule has 0 radical (unpaired) electrons. The molecule has 0 spiro atoms. The number of nitrogens with two attached hydrogens (primary N) is 1. The topological polar surface area (TPSA) is 64.8 Å². The number of carbonyl (C=O) groups is 1. The lowest BCUT2D eigenvalue weighted by molar-refractivity contribution is -0.117. The van der Waals surface area contributed by atoms with Gasteiger partial charge in [0, 0.05) is 30.3 Å². The van der Waals surface area contributed by atoms with Crippen molar-refractivity contribution in [3.8, 4) is 11.5 Å². The predicted octanol–water partition coefficient (Wildman–Crippen LogP) is 3.20. The first-order chi connectivity index (χ1) is 11.6. The van der Waals surface area contributed by atoms with Crippen LogP contribution in [0.3, 0.4) is 0 Å². The molecule has 1 fully saturated rings. The summed E-state index contributed by atoms with van der Waals surface area (Å²) >= 11 is 0. The molecule has 0 aliphatic carbocycles. The number of nitrogen functional groups attached to an aromatic ring is 1. The first-order valence-corrected chi connectivity index (χ1v) is 8.09. The van der Waals surface area contributed by atoms with Gasteiger partial charge in [0.05, 0.1) is 13.7 Å². The molecule has 1 aliphatic rings. The van der Waals surface area contributed by atoms with E-state index < -0.39 is 0 Å². The molecule has 24 heavy (non-hydrogen) atoms. The van der Waals surface area contributed by atoms with Gasteiger partial charge in [-0.2, -0.15) is 0 Å². The summed E-state index contributed by atoms with van der Waals surface area (Å²) in [6, 6.07) is 13.3. The molecule has 2 aromatic rings. The lowest BCUT2D eigenvalue weighted by Gasteiger charge is -2.18. The fourth-order valence-electron chi connectivity index (χ4n) is 3.09. The lowest BCUT2D eigenvalue weighted by atomic mass is 9.98.